The molecule has 1 atom stereocenters. The average Bonchev–Trinajstić information content (AvgIpc) is 2.42. The number of para-hydroxylation sites is 2. The van der Waals surface area contributed by atoms with E-state index in [1.165, 1.54) is 12.1 Å². The number of anilines is 1. The van der Waals surface area contributed by atoms with Crippen molar-refractivity contribution < 1.29 is 13.9 Å². The fourth-order valence-corrected chi connectivity index (χ4v) is 1.55. The number of carbonyl (C=O) groups is 1. The largest absolute Gasteiger partial charge is 0.481 e. The molecule has 2 aromatic carbocycles. The first-order chi connectivity index (χ1) is 9.16. The monoisotopic (exact) mass is 259 g/mol. The van der Waals surface area contributed by atoms with Gasteiger partial charge in [-0.1, -0.05) is 30.3 Å². The Labute approximate surface area is 111 Å². The molecule has 0 saturated heterocycles. The van der Waals surface area contributed by atoms with Crippen molar-refractivity contribution in [3.63, 3.8) is 0 Å². The van der Waals surface area contributed by atoms with Gasteiger partial charge in [-0.2, -0.15) is 0 Å². The summed E-state index contributed by atoms with van der Waals surface area (Å²) in [6.45, 7) is 1.61. The fourth-order valence-electron chi connectivity index (χ4n) is 1.55. The SMILES string of the molecule is C[C@H](Oc1ccccc1)C(=O)Nc1ccccc1F. The van der Waals surface area contributed by atoms with E-state index in [1.54, 1.807) is 31.2 Å². The van der Waals surface area contributed by atoms with Crippen molar-refractivity contribution >= 4 is 11.6 Å². The van der Waals surface area contributed by atoms with Crippen molar-refractivity contribution in [1.82, 2.24) is 0 Å². The van der Waals surface area contributed by atoms with Crippen molar-refractivity contribution in [1.29, 1.82) is 0 Å². The van der Waals surface area contributed by atoms with Gasteiger partial charge in [0.15, 0.2) is 6.10 Å². The van der Waals surface area contributed by atoms with Crippen LogP contribution < -0.4 is 10.1 Å². The van der Waals surface area contributed by atoms with Crippen LogP contribution in [0.4, 0.5) is 10.1 Å². The van der Waals surface area contributed by atoms with Crippen molar-refractivity contribution in [3.8, 4) is 5.75 Å². The van der Waals surface area contributed by atoms with Crippen LogP contribution in [0.15, 0.2) is 54.6 Å². The van der Waals surface area contributed by atoms with E-state index in [4.69, 9.17) is 4.74 Å². The van der Waals surface area contributed by atoms with Gasteiger partial charge in [0, 0.05) is 0 Å². The molecule has 0 saturated carbocycles. The maximum atomic E-state index is 13.4. The number of hydrogen-bond donors (Lipinski definition) is 1. The molecule has 0 aliphatic carbocycles. The predicted molar refractivity (Wildman–Crippen MR) is 71.6 cm³/mol. The number of benzene rings is 2. The molecule has 0 aliphatic heterocycles. The highest BCUT2D eigenvalue weighted by molar-refractivity contribution is 5.94. The molecule has 0 aromatic heterocycles. The number of ether oxygens (including phenoxy) is 1. The van der Waals surface area contributed by atoms with Gasteiger partial charge in [-0.25, -0.2) is 4.39 Å². The molecule has 1 amide bonds. The molecule has 1 N–H and O–H groups in total. The highest BCUT2D eigenvalue weighted by Gasteiger charge is 2.15. The third-order valence-corrected chi connectivity index (χ3v) is 2.56. The second-order valence-corrected chi connectivity index (χ2v) is 4.04. The second kappa shape index (κ2) is 6.00. The predicted octanol–water partition coefficient (Wildman–Crippen LogP) is 3.23. The van der Waals surface area contributed by atoms with Gasteiger partial charge < -0.3 is 10.1 Å². The van der Waals surface area contributed by atoms with Crippen LogP contribution in [0.2, 0.25) is 0 Å². The summed E-state index contributed by atoms with van der Waals surface area (Å²) in [6.07, 6.45) is -0.706. The molecule has 0 unspecified atom stereocenters. The lowest BCUT2D eigenvalue weighted by molar-refractivity contribution is -0.122. The minimum Gasteiger partial charge on any atom is -0.481 e. The Kier molecular flexibility index (Phi) is 4.13. The molecule has 0 fully saturated rings. The smallest absolute Gasteiger partial charge is 0.265 e. The van der Waals surface area contributed by atoms with Crippen molar-refractivity contribution in [3.05, 3.63) is 60.4 Å². The summed E-state index contributed by atoms with van der Waals surface area (Å²) in [5.74, 6) is -0.268. The summed E-state index contributed by atoms with van der Waals surface area (Å²) >= 11 is 0. The molecule has 3 nitrogen and oxygen atoms in total. The molecule has 0 heterocycles. The second-order valence-electron chi connectivity index (χ2n) is 4.04. The Morgan fingerprint density at radius 1 is 1.11 bits per heavy atom. The lowest BCUT2D eigenvalue weighted by Crippen LogP contribution is -2.30. The van der Waals surface area contributed by atoms with E-state index in [-0.39, 0.29) is 5.69 Å². The Morgan fingerprint density at radius 2 is 1.74 bits per heavy atom. The van der Waals surface area contributed by atoms with Crippen LogP contribution in [0.1, 0.15) is 6.92 Å². The van der Waals surface area contributed by atoms with Gasteiger partial charge in [0.25, 0.3) is 5.91 Å². The lowest BCUT2D eigenvalue weighted by atomic mass is 10.3. The van der Waals surface area contributed by atoms with Crippen LogP contribution >= 0.6 is 0 Å². The van der Waals surface area contributed by atoms with E-state index in [0.717, 1.165) is 0 Å². The van der Waals surface area contributed by atoms with E-state index in [2.05, 4.69) is 5.32 Å². The summed E-state index contributed by atoms with van der Waals surface area (Å²) in [6, 6.07) is 15.0. The standard InChI is InChI=1S/C15H14FNO2/c1-11(19-12-7-3-2-4-8-12)15(18)17-14-10-6-5-9-13(14)16/h2-11H,1H3,(H,17,18)/t11-/m0/s1. The van der Waals surface area contributed by atoms with Gasteiger partial charge in [-0.05, 0) is 31.2 Å². The van der Waals surface area contributed by atoms with E-state index in [9.17, 15) is 9.18 Å². The molecular weight excluding hydrogens is 245 g/mol. The number of halogens is 1. The van der Waals surface area contributed by atoms with Crippen LogP contribution in [0.5, 0.6) is 5.75 Å². The van der Waals surface area contributed by atoms with Gasteiger partial charge in [-0.3, -0.25) is 4.79 Å². The van der Waals surface area contributed by atoms with E-state index in [0.29, 0.717) is 5.75 Å². The third kappa shape index (κ3) is 3.55. The molecule has 0 spiro atoms. The van der Waals surface area contributed by atoms with E-state index < -0.39 is 17.8 Å². The van der Waals surface area contributed by atoms with Crippen molar-refractivity contribution in [2.75, 3.05) is 5.32 Å². The molecule has 2 aromatic rings. The molecule has 4 heteroatoms. The van der Waals surface area contributed by atoms with Crippen LogP contribution in [0, 0.1) is 5.82 Å². The Morgan fingerprint density at radius 3 is 2.42 bits per heavy atom. The summed E-state index contributed by atoms with van der Waals surface area (Å²) in [5, 5.41) is 2.49. The molecule has 98 valence electrons. The number of nitrogens with one attached hydrogen (secondary N) is 1. The lowest BCUT2D eigenvalue weighted by Gasteiger charge is -2.14. The highest BCUT2D eigenvalue weighted by atomic mass is 19.1. The highest BCUT2D eigenvalue weighted by Crippen LogP contribution is 2.15. The Hall–Kier alpha value is -2.36. The van der Waals surface area contributed by atoms with Gasteiger partial charge in [0.05, 0.1) is 5.69 Å². The number of amides is 1. The summed E-state index contributed by atoms with van der Waals surface area (Å²) in [4.78, 5) is 11.9. The molecular formula is C15H14FNO2. The maximum absolute atomic E-state index is 13.4. The summed E-state index contributed by atoms with van der Waals surface area (Å²) in [7, 11) is 0. The van der Waals surface area contributed by atoms with Gasteiger partial charge >= 0.3 is 0 Å². The van der Waals surface area contributed by atoms with Gasteiger partial charge in [0.1, 0.15) is 11.6 Å². The van der Waals surface area contributed by atoms with Gasteiger partial charge in [-0.15, -0.1) is 0 Å². The Bertz CT molecular complexity index is 557. The molecule has 0 radical (unpaired) electrons. The number of rotatable bonds is 4. The molecule has 0 aliphatic rings. The normalized spacial score (nSPS) is 11.7. The topological polar surface area (TPSA) is 38.3 Å². The minimum atomic E-state index is -0.706. The summed E-state index contributed by atoms with van der Waals surface area (Å²) < 4.78 is 18.8. The minimum absolute atomic E-state index is 0.149. The quantitative estimate of drug-likeness (QED) is 0.915. The first-order valence-corrected chi connectivity index (χ1v) is 5.94. The van der Waals surface area contributed by atoms with E-state index in [1.807, 2.05) is 18.2 Å². The fraction of sp³-hybridized carbons (Fsp3) is 0.133. The zero-order chi connectivity index (χ0) is 13.7. The zero-order valence-corrected chi connectivity index (χ0v) is 10.5. The van der Waals surface area contributed by atoms with Crippen LogP contribution in [-0.4, -0.2) is 12.0 Å². The molecule has 0 bridgehead atoms. The Balaban J connectivity index is 1.99. The van der Waals surface area contributed by atoms with E-state index >= 15 is 0 Å². The zero-order valence-electron chi connectivity index (χ0n) is 10.5. The molecule has 19 heavy (non-hydrogen) atoms. The van der Waals surface area contributed by atoms with Crippen molar-refractivity contribution in [2.24, 2.45) is 0 Å². The van der Waals surface area contributed by atoms with Crippen LogP contribution in [0.25, 0.3) is 0 Å². The maximum Gasteiger partial charge on any atom is 0.265 e. The number of hydrogen-bond acceptors (Lipinski definition) is 2. The van der Waals surface area contributed by atoms with Crippen molar-refractivity contribution in [2.45, 2.75) is 13.0 Å². The average molecular weight is 259 g/mol. The van der Waals surface area contributed by atoms with Gasteiger partial charge in [0.2, 0.25) is 0 Å². The molecule has 2 rings (SSSR count). The van der Waals surface area contributed by atoms with Crippen LogP contribution in [-0.2, 0) is 4.79 Å². The number of carbonyl (C=O) groups excluding carboxylic acids is 1. The van der Waals surface area contributed by atoms with Crippen LogP contribution in [0.3, 0.4) is 0 Å². The summed E-state index contributed by atoms with van der Waals surface area (Å²) in [5.41, 5.74) is 0.149. The third-order valence-electron chi connectivity index (χ3n) is 2.56. The first-order valence-electron chi connectivity index (χ1n) is 5.94. The first kappa shape index (κ1) is 13.1.